The molecule has 0 saturated heterocycles. The molecule has 0 atom stereocenters. The summed E-state index contributed by atoms with van der Waals surface area (Å²) in [6.07, 6.45) is 1.13. The Bertz CT molecular complexity index is 312. The van der Waals surface area contributed by atoms with Crippen LogP contribution in [0.2, 0.25) is 0 Å². The molecule has 0 fully saturated rings. The number of hydrogen-bond acceptors (Lipinski definition) is 4. The summed E-state index contributed by atoms with van der Waals surface area (Å²) in [7, 11) is 0. The summed E-state index contributed by atoms with van der Waals surface area (Å²) in [5.41, 5.74) is 2.00. The second-order valence-electron chi connectivity index (χ2n) is 3.45. The van der Waals surface area contributed by atoms with Gasteiger partial charge < -0.3 is 20.1 Å². The number of benzene rings is 1. The molecule has 90 valence electrons. The van der Waals surface area contributed by atoms with Crippen molar-refractivity contribution in [3.05, 3.63) is 29.3 Å². The molecule has 1 aromatic rings. The number of aliphatic hydroxyl groups excluding tert-OH is 3. The second-order valence-corrected chi connectivity index (χ2v) is 3.45. The van der Waals surface area contributed by atoms with Crippen LogP contribution in [0.5, 0.6) is 5.75 Å². The van der Waals surface area contributed by atoms with Crippen molar-refractivity contribution >= 4 is 0 Å². The lowest BCUT2D eigenvalue weighted by Crippen LogP contribution is -2.04. The van der Waals surface area contributed by atoms with Crippen LogP contribution in [-0.4, -0.2) is 41.7 Å². The average Bonchev–Trinajstić information content (AvgIpc) is 2.30. The fraction of sp³-hybridized carbons (Fsp3) is 0.500. The zero-order valence-electron chi connectivity index (χ0n) is 9.22. The van der Waals surface area contributed by atoms with Crippen LogP contribution in [0, 0.1) is 0 Å². The van der Waals surface area contributed by atoms with Crippen LogP contribution in [0.1, 0.15) is 11.1 Å². The fourth-order valence-electron chi connectivity index (χ4n) is 1.57. The molecule has 0 bridgehead atoms. The summed E-state index contributed by atoms with van der Waals surface area (Å²) in [6, 6.07) is 5.53. The monoisotopic (exact) mass is 226 g/mol. The molecule has 16 heavy (non-hydrogen) atoms. The minimum Gasteiger partial charge on any atom is -0.491 e. The number of rotatable bonds is 7. The standard InChI is InChI=1S/C12H18O4/c13-5-3-10-1-2-12(16-8-7-15)9-11(10)4-6-14/h1-2,9,13-15H,3-8H2. The molecule has 1 rings (SSSR count). The maximum atomic E-state index is 8.94. The van der Waals surface area contributed by atoms with Gasteiger partial charge in [0.1, 0.15) is 12.4 Å². The fourth-order valence-corrected chi connectivity index (χ4v) is 1.57. The molecule has 0 aromatic heterocycles. The first kappa shape index (κ1) is 13.0. The van der Waals surface area contributed by atoms with E-state index in [1.807, 2.05) is 18.2 Å². The molecule has 0 amide bonds. The molecule has 0 radical (unpaired) electrons. The minimum atomic E-state index is -0.0201. The zero-order chi connectivity index (χ0) is 11.8. The highest BCUT2D eigenvalue weighted by molar-refractivity contribution is 5.36. The minimum absolute atomic E-state index is 0.0201. The Balaban J connectivity index is 2.79. The van der Waals surface area contributed by atoms with E-state index in [0.717, 1.165) is 11.1 Å². The van der Waals surface area contributed by atoms with Crippen LogP contribution in [-0.2, 0) is 12.8 Å². The van der Waals surface area contributed by atoms with Gasteiger partial charge in [0, 0.05) is 13.2 Å². The van der Waals surface area contributed by atoms with Crippen molar-refractivity contribution in [2.75, 3.05) is 26.4 Å². The lowest BCUT2D eigenvalue weighted by atomic mass is 10.0. The summed E-state index contributed by atoms with van der Waals surface area (Å²) in [6.45, 7) is 0.406. The van der Waals surface area contributed by atoms with Crippen LogP contribution in [0.25, 0.3) is 0 Å². The second kappa shape index (κ2) is 7.22. The summed E-state index contributed by atoms with van der Waals surface area (Å²) >= 11 is 0. The Morgan fingerprint density at radius 2 is 1.56 bits per heavy atom. The summed E-state index contributed by atoms with van der Waals surface area (Å²) in [4.78, 5) is 0. The molecular formula is C12H18O4. The van der Waals surface area contributed by atoms with Gasteiger partial charge in [-0.15, -0.1) is 0 Å². The van der Waals surface area contributed by atoms with Gasteiger partial charge >= 0.3 is 0 Å². The predicted octanol–water partition coefficient (Wildman–Crippen LogP) is 0.127. The third kappa shape index (κ3) is 3.81. The molecule has 0 aliphatic carbocycles. The van der Waals surface area contributed by atoms with Crippen LogP contribution < -0.4 is 4.74 Å². The number of hydrogen-bond donors (Lipinski definition) is 3. The van der Waals surface area contributed by atoms with Crippen molar-refractivity contribution in [1.29, 1.82) is 0 Å². The molecule has 4 heteroatoms. The summed E-state index contributed by atoms with van der Waals surface area (Å²) in [5, 5.41) is 26.5. The van der Waals surface area contributed by atoms with Gasteiger partial charge in [-0.2, -0.15) is 0 Å². The van der Waals surface area contributed by atoms with Crippen molar-refractivity contribution < 1.29 is 20.1 Å². The van der Waals surface area contributed by atoms with E-state index in [9.17, 15) is 0 Å². The van der Waals surface area contributed by atoms with E-state index < -0.39 is 0 Å². The Morgan fingerprint density at radius 3 is 2.19 bits per heavy atom. The lowest BCUT2D eigenvalue weighted by molar-refractivity contribution is 0.201. The summed E-state index contributed by atoms with van der Waals surface area (Å²) < 4.78 is 5.28. The molecule has 3 N–H and O–H groups in total. The van der Waals surface area contributed by atoms with E-state index in [2.05, 4.69) is 0 Å². The Kier molecular flexibility index (Phi) is 5.85. The van der Waals surface area contributed by atoms with Gasteiger partial charge in [0.25, 0.3) is 0 Å². The molecule has 0 spiro atoms. The highest BCUT2D eigenvalue weighted by Gasteiger charge is 2.04. The Labute approximate surface area is 95.1 Å². The van der Waals surface area contributed by atoms with Crippen molar-refractivity contribution in [2.45, 2.75) is 12.8 Å². The topological polar surface area (TPSA) is 69.9 Å². The van der Waals surface area contributed by atoms with Crippen LogP contribution in [0.15, 0.2) is 18.2 Å². The van der Waals surface area contributed by atoms with Gasteiger partial charge in [-0.1, -0.05) is 6.07 Å². The highest BCUT2D eigenvalue weighted by Crippen LogP contribution is 2.19. The molecule has 0 unspecified atom stereocenters. The van der Waals surface area contributed by atoms with Gasteiger partial charge in [-0.25, -0.2) is 0 Å². The van der Waals surface area contributed by atoms with Crippen molar-refractivity contribution in [3.63, 3.8) is 0 Å². The van der Waals surface area contributed by atoms with Crippen molar-refractivity contribution in [2.24, 2.45) is 0 Å². The number of aliphatic hydroxyl groups is 3. The van der Waals surface area contributed by atoms with Gasteiger partial charge in [0.05, 0.1) is 6.61 Å². The van der Waals surface area contributed by atoms with Crippen molar-refractivity contribution in [1.82, 2.24) is 0 Å². The van der Waals surface area contributed by atoms with E-state index in [1.54, 1.807) is 0 Å². The predicted molar refractivity (Wildman–Crippen MR) is 60.6 cm³/mol. The third-order valence-electron chi connectivity index (χ3n) is 2.30. The van der Waals surface area contributed by atoms with Crippen LogP contribution in [0.3, 0.4) is 0 Å². The first-order valence-electron chi connectivity index (χ1n) is 5.39. The molecule has 4 nitrogen and oxygen atoms in total. The quantitative estimate of drug-likeness (QED) is 0.618. The molecule has 0 saturated carbocycles. The van der Waals surface area contributed by atoms with Crippen LogP contribution in [0.4, 0.5) is 0 Å². The van der Waals surface area contributed by atoms with Gasteiger partial charge in [-0.05, 0) is 36.1 Å². The molecule has 1 aromatic carbocycles. The van der Waals surface area contributed by atoms with E-state index in [1.165, 1.54) is 0 Å². The first-order chi connectivity index (χ1) is 7.81. The van der Waals surface area contributed by atoms with E-state index >= 15 is 0 Å². The molecule has 0 aliphatic rings. The number of ether oxygens (including phenoxy) is 1. The van der Waals surface area contributed by atoms with Gasteiger partial charge in [0.15, 0.2) is 0 Å². The van der Waals surface area contributed by atoms with E-state index in [4.69, 9.17) is 20.1 Å². The lowest BCUT2D eigenvalue weighted by Gasteiger charge is -2.11. The SMILES string of the molecule is OCCOc1ccc(CCO)c(CCO)c1. The average molecular weight is 226 g/mol. The van der Waals surface area contributed by atoms with Gasteiger partial charge in [0.2, 0.25) is 0 Å². The van der Waals surface area contributed by atoms with E-state index in [-0.39, 0.29) is 26.4 Å². The largest absolute Gasteiger partial charge is 0.491 e. The normalized spacial score (nSPS) is 10.4. The van der Waals surface area contributed by atoms with Gasteiger partial charge in [-0.3, -0.25) is 0 Å². The Morgan fingerprint density at radius 1 is 0.875 bits per heavy atom. The smallest absolute Gasteiger partial charge is 0.119 e. The molecule has 0 aliphatic heterocycles. The highest BCUT2D eigenvalue weighted by atomic mass is 16.5. The maximum absolute atomic E-state index is 8.94. The third-order valence-corrected chi connectivity index (χ3v) is 2.30. The molecule has 0 heterocycles. The zero-order valence-corrected chi connectivity index (χ0v) is 9.22. The summed E-state index contributed by atoms with van der Waals surface area (Å²) in [5.74, 6) is 0.680. The van der Waals surface area contributed by atoms with Crippen molar-refractivity contribution in [3.8, 4) is 5.75 Å². The van der Waals surface area contributed by atoms with E-state index in [0.29, 0.717) is 18.6 Å². The molecular weight excluding hydrogens is 208 g/mol. The maximum Gasteiger partial charge on any atom is 0.119 e. The van der Waals surface area contributed by atoms with Crippen LogP contribution >= 0.6 is 0 Å². The Hall–Kier alpha value is -1.10. The first-order valence-corrected chi connectivity index (χ1v) is 5.39.